The van der Waals surface area contributed by atoms with Crippen LogP contribution in [0.2, 0.25) is 0 Å². The van der Waals surface area contributed by atoms with Crippen molar-refractivity contribution in [1.29, 1.82) is 5.26 Å². The van der Waals surface area contributed by atoms with E-state index in [0.717, 1.165) is 16.9 Å². The van der Waals surface area contributed by atoms with Crippen LogP contribution >= 0.6 is 27.7 Å². The van der Waals surface area contributed by atoms with Crippen molar-refractivity contribution in [2.45, 2.75) is 6.42 Å². The van der Waals surface area contributed by atoms with Crippen LogP contribution in [0, 0.1) is 21.6 Å². The molecule has 0 saturated carbocycles. The first kappa shape index (κ1) is 19.8. The maximum absolute atomic E-state index is 11.5. The topological polar surface area (TPSA) is 101 Å². The highest BCUT2D eigenvalue weighted by atomic mass is 79.9. The van der Waals surface area contributed by atoms with Gasteiger partial charge in [-0.2, -0.15) is 5.26 Å². The Kier molecular flexibility index (Phi) is 7.00. The van der Waals surface area contributed by atoms with Crippen LogP contribution < -0.4 is 10.1 Å². The summed E-state index contributed by atoms with van der Waals surface area (Å²) < 4.78 is 5.62. The van der Waals surface area contributed by atoms with Gasteiger partial charge in [0.25, 0.3) is 5.69 Å². The van der Waals surface area contributed by atoms with Gasteiger partial charge in [-0.05, 0) is 57.9 Å². The molecule has 2 rings (SSSR count). The summed E-state index contributed by atoms with van der Waals surface area (Å²) in [5.74, 6) is 0.750. The highest BCUT2D eigenvalue weighted by Gasteiger charge is 2.19. The molecule has 0 bridgehead atoms. The number of amidine groups is 1. The number of aliphatic imine (C=N–C) groups is 1. The van der Waals surface area contributed by atoms with Crippen LogP contribution in [0.4, 0.5) is 11.4 Å². The fraction of sp³-hybridized carbons (Fsp3) is 0.176. The molecular formula is C17H15BrN4O3S. The van der Waals surface area contributed by atoms with Crippen molar-refractivity contribution in [1.82, 2.24) is 5.32 Å². The van der Waals surface area contributed by atoms with Crippen molar-refractivity contribution >= 4 is 44.2 Å². The van der Waals surface area contributed by atoms with Crippen LogP contribution in [0.1, 0.15) is 11.1 Å². The number of benzene rings is 2. The number of nitrogens with zero attached hydrogens (tertiary/aromatic N) is 3. The number of nitrogens with one attached hydrogen (secondary N) is 1. The molecule has 0 aromatic heterocycles. The Hall–Kier alpha value is -2.57. The third kappa shape index (κ3) is 4.97. The lowest BCUT2D eigenvalue weighted by Gasteiger charge is -2.08. The average molecular weight is 435 g/mol. The second-order valence-electron chi connectivity index (χ2n) is 5.09. The number of halogens is 1. The van der Waals surface area contributed by atoms with Gasteiger partial charge in [0.15, 0.2) is 17.0 Å². The Bertz CT molecular complexity index is 879. The quantitative estimate of drug-likeness (QED) is 0.187. The highest BCUT2D eigenvalue weighted by molar-refractivity contribution is 9.10. The summed E-state index contributed by atoms with van der Waals surface area (Å²) in [4.78, 5) is 15.2. The molecule has 134 valence electrons. The van der Waals surface area contributed by atoms with Crippen molar-refractivity contribution in [2.24, 2.45) is 4.99 Å². The zero-order valence-corrected chi connectivity index (χ0v) is 16.4. The molecule has 0 unspecified atom stereocenters. The van der Waals surface area contributed by atoms with Crippen LogP contribution in [-0.4, -0.2) is 23.5 Å². The summed E-state index contributed by atoms with van der Waals surface area (Å²) >= 11 is 4.55. The van der Waals surface area contributed by atoms with Gasteiger partial charge in [0, 0.05) is 6.07 Å². The number of nitro benzene ring substituents is 1. The molecule has 0 amide bonds. The summed E-state index contributed by atoms with van der Waals surface area (Å²) in [6.07, 6.45) is 4.01. The third-order valence-corrected chi connectivity index (χ3v) is 4.62. The van der Waals surface area contributed by atoms with E-state index in [1.165, 1.54) is 17.8 Å². The first-order valence-electron chi connectivity index (χ1n) is 7.36. The Morgan fingerprint density at radius 1 is 1.38 bits per heavy atom. The van der Waals surface area contributed by atoms with Crippen LogP contribution in [0.25, 0.3) is 0 Å². The van der Waals surface area contributed by atoms with E-state index in [0.29, 0.717) is 10.9 Å². The summed E-state index contributed by atoms with van der Waals surface area (Å²) in [6.45, 7) is 0. The number of thioether (sulfide) groups is 1. The minimum absolute atomic E-state index is 0.130. The number of nitriles is 1. The summed E-state index contributed by atoms with van der Waals surface area (Å²) in [7, 11) is 1.60. The van der Waals surface area contributed by atoms with E-state index in [4.69, 9.17) is 10.00 Å². The largest absolute Gasteiger partial charge is 0.497 e. The maximum Gasteiger partial charge on any atom is 0.296 e. The van der Waals surface area contributed by atoms with E-state index >= 15 is 0 Å². The zero-order chi connectivity index (χ0) is 19.1. The smallest absolute Gasteiger partial charge is 0.296 e. The Balaban J connectivity index is 2.41. The summed E-state index contributed by atoms with van der Waals surface area (Å²) in [6, 6.07) is 10.8. The Morgan fingerprint density at radius 2 is 2.08 bits per heavy atom. The molecule has 0 fully saturated rings. The monoisotopic (exact) mass is 434 g/mol. The van der Waals surface area contributed by atoms with Gasteiger partial charge in [-0.1, -0.05) is 23.9 Å². The standard InChI is InChI=1S/C17H15BrN4O3S/c1-25-13-5-3-11(4-6-13)7-12-8-14(18)16(15(9-12)22(23)24)21-17(26-2)20-10-19/h3-6,8-9H,7H2,1-2H3,(H,20,21). The molecule has 0 saturated heterocycles. The minimum atomic E-state index is -0.481. The van der Waals surface area contributed by atoms with E-state index in [1.54, 1.807) is 25.6 Å². The molecule has 7 nitrogen and oxygen atoms in total. The molecule has 0 aliphatic rings. The van der Waals surface area contributed by atoms with E-state index in [2.05, 4.69) is 26.2 Å². The van der Waals surface area contributed by atoms with Gasteiger partial charge in [-0.15, -0.1) is 0 Å². The van der Waals surface area contributed by atoms with Gasteiger partial charge >= 0.3 is 0 Å². The van der Waals surface area contributed by atoms with Crippen molar-refractivity contribution in [3.05, 3.63) is 62.1 Å². The molecular weight excluding hydrogens is 420 g/mol. The number of hydrogen-bond acceptors (Lipinski definition) is 6. The molecule has 26 heavy (non-hydrogen) atoms. The average Bonchev–Trinajstić information content (AvgIpc) is 2.63. The highest BCUT2D eigenvalue weighted by Crippen LogP contribution is 2.37. The van der Waals surface area contributed by atoms with Crippen molar-refractivity contribution in [3.8, 4) is 11.9 Å². The third-order valence-electron chi connectivity index (χ3n) is 3.44. The van der Waals surface area contributed by atoms with E-state index in [1.807, 2.05) is 24.3 Å². The summed E-state index contributed by atoms with van der Waals surface area (Å²) in [5, 5.41) is 22.9. The molecule has 9 heteroatoms. The van der Waals surface area contributed by atoms with Gasteiger partial charge in [-0.25, -0.2) is 4.99 Å². The molecule has 0 heterocycles. The number of hydrogen-bond donors (Lipinski definition) is 1. The van der Waals surface area contributed by atoms with Gasteiger partial charge in [0.05, 0.1) is 16.5 Å². The van der Waals surface area contributed by atoms with Crippen LogP contribution in [0.3, 0.4) is 0 Å². The van der Waals surface area contributed by atoms with Gasteiger partial charge in [0.2, 0.25) is 0 Å². The number of methoxy groups -OCH3 is 1. The normalized spacial score (nSPS) is 10.9. The molecule has 0 spiro atoms. The first-order chi connectivity index (χ1) is 12.5. The minimum Gasteiger partial charge on any atom is -0.497 e. The predicted octanol–water partition coefficient (Wildman–Crippen LogP) is 4.38. The van der Waals surface area contributed by atoms with Crippen molar-refractivity contribution in [3.63, 3.8) is 0 Å². The summed E-state index contributed by atoms with van der Waals surface area (Å²) in [5.41, 5.74) is 1.81. The Labute approximate surface area is 163 Å². The Morgan fingerprint density at radius 3 is 2.62 bits per heavy atom. The van der Waals surface area contributed by atoms with Crippen molar-refractivity contribution in [2.75, 3.05) is 13.4 Å². The lowest BCUT2D eigenvalue weighted by atomic mass is 10.0. The molecule has 0 atom stereocenters. The molecule has 0 aliphatic heterocycles. The lowest BCUT2D eigenvalue weighted by molar-refractivity contribution is -0.384. The number of nitro groups is 1. The van der Waals surface area contributed by atoms with Crippen LogP contribution in [-0.2, 0) is 6.42 Å². The van der Waals surface area contributed by atoms with Gasteiger partial charge in [-0.3, -0.25) is 15.4 Å². The maximum atomic E-state index is 11.5. The van der Waals surface area contributed by atoms with E-state index in [9.17, 15) is 10.1 Å². The SMILES string of the molecule is COc1ccc(Cc2cc(Br)c(N=C(NC#N)SC)c([N+](=O)[O-])c2)cc1. The fourth-order valence-electron chi connectivity index (χ4n) is 2.24. The molecule has 2 aromatic rings. The second-order valence-corrected chi connectivity index (χ2v) is 6.73. The molecule has 0 aliphatic carbocycles. The van der Waals surface area contributed by atoms with Crippen LogP contribution in [0.5, 0.6) is 5.75 Å². The first-order valence-corrected chi connectivity index (χ1v) is 9.37. The van der Waals surface area contributed by atoms with Gasteiger partial charge in [0.1, 0.15) is 5.75 Å². The number of ether oxygens (including phenoxy) is 1. The van der Waals surface area contributed by atoms with Gasteiger partial charge < -0.3 is 4.74 Å². The lowest BCUT2D eigenvalue weighted by Crippen LogP contribution is -2.12. The second kappa shape index (κ2) is 9.22. The van der Waals surface area contributed by atoms with E-state index in [-0.39, 0.29) is 16.5 Å². The molecule has 0 radical (unpaired) electrons. The van der Waals surface area contributed by atoms with Crippen LogP contribution in [0.15, 0.2) is 45.9 Å². The predicted molar refractivity (Wildman–Crippen MR) is 106 cm³/mol. The molecule has 2 aromatic carbocycles. The van der Waals surface area contributed by atoms with E-state index < -0.39 is 4.92 Å². The fourth-order valence-corrected chi connectivity index (χ4v) is 3.16. The zero-order valence-electron chi connectivity index (χ0n) is 14.0. The number of rotatable bonds is 5. The van der Waals surface area contributed by atoms with Crippen molar-refractivity contribution < 1.29 is 9.66 Å². The molecule has 1 N–H and O–H groups in total.